The van der Waals surface area contributed by atoms with Crippen molar-refractivity contribution in [2.24, 2.45) is 0 Å². The van der Waals surface area contributed by atoms with E-state index in [0.29, 0.717) is 17.6 Å². The Kier molecular flexibility index (Phi) is 3.99. The third-order valence-corrected chi connectivity index (χ3v) is 3.78. The normalized spacial score (nSPS) is 23.1. The molecular formula is C12H14BrFN2O2. The molecule has 2 N–H and O–H groups in total. The first-order valence-corrected chi connectivity index (χ1v) is 6.41. The van der Waals surface area contributed by atoms with Gasteiger partial charge in [-0.05, 0) is 34.1 Å². The summed E-state index contributed by atoms with van der Waals surface area (Å²) in [7, 11) is 1.61. The van der Waals surface area contributed by atoms with Crippen molar-refractivity contribution >= 4 is 21.8 Å². The summed E-state index contributed by atoms with van der Waals surface area (Å²) in [5, 5.41) is 12.7. The standard InChI is InChI=1S/C12H14BrFN2O2/c1-16(10-5-15-6-11(10)17)12(18)7-2-3-8(13)9(14)4-7/h2-4,10-11,15,17H,5-6H2,1H3/t10-,11-/m0/s1. The van der Waals surface area contributed by atoms with E-state index in [1.165, 1.54) is 17.0 Å². The largest absolute Gasteiger partial charge is 0.390 e. The van der Waals surface area contributed by atoms with Crippen LogP contribution in [-0.4, -0.2) is 48.2 Å². The molecular weight excluding hydrogens is 303 g/mol. The van der Waals surface area contributed by atoms with Crippen LogP contribution in [-0.2, 0) is 0 Å². The number of carbonyl (C=O) groups excluding carboxylic acids is 1. The molecule has 1 aliphatic rings. The Morgan fingerprint density at radius 3 is 2.83 bits per heavy atom. The molecule has 2 rings (SSSR count). The number of amides is 1. The first-order chi connectivity index (χ1) is 8.50. The number of hydrogen-bond acceptors (Lipinski definition) is 3. The first-order valence-electron chi connectivity index (χ1n) is 5.61. The van der Waals surface area contributed by atoms with E-state index >= 15 is 0 Å². The van der Waals surface area contributed by atoms with Crippen LogP contribution < -0.4 is 5.32 Å². The van der Waals surface area contributed by atoms with E-state index in [0.717, 1.165) is 0 Å². The second-order valence-electron chi connectivity index (χ2n) is 4.34. The minimum Gasteiger partial charge on any atom is -0.390 e. The highest BCUT2D eigenvalue weighted by Gasteiger charge is 2.31. The average molecular weight is 317 g/mol. The molecule has 1 fully saturated rings. The SMILES string of the molecule is CN(C(=O)c1ccc(Br)c(F)c1)[C@H]1CNC[C@@H]1O. The van der Waals surface area contributed by atoms with Crippen LogP contribution >= 0.6 is 15.9 Å². The van der Waals surface area contributed by atoms with Crippen molar-refractivity contribution in [1.82, 2.24) is 10.2 Å². The summed E-state index contributed by atoms with van der Waals surface area (Å²) in [6, 6.07) is 3.97. The molecule has 1 heterocycles. The van der Waals surface area contributed by atoms with Crippen LogP contribution in [0.15, 0.2) is 22.7 Å². The van der Waals surface area contributed by atoms with Gasteiger partial charge in [0.1, 0.15) is 5.82 Å². The number of rotatable bonds is 2. The van der Waals surface area contributed by atoms with Crippen LogP contribution in [0.5, 0.6) is 0 Å². The second kappa shape index (κ2) is 5.34. The molecule has 1 aromatic carbocycles. The fraction of sp³-hybridized carbons (Fsp3) is 0.417. The maximum Gasteiger partial charge on any atom is 0.254 e. The van der Waals surface area contributed by atoms with Gasteiger partial charge in [0.05, 0.1) is 16.6 Å². The number of hydrogen-bond donors (Lipinski definition) is 2. The van der Waals surface area contributed by atoms with Gasteiger partial charge < -0.3 is 15.3 Å². The zero-order valence-corrected chi connectivity index (χ0v) is 11.4. The van der Waals surface area contributed by atoms with Gasteiger partial charge >= 0.3 is 0 Å². The van der Waals surface area contributed by atoms with E-state index in [9.17, 15) is 14.3 Å². The Hall–Kier alpha value is -0.980. The topological polar surface area (TPSA) is 52.6 Å². The predicted molar refractivity (Wildman–Crippen MR) is 68.9 cm³/mol. The minimum absolute atomic E-state index is 0.274. The van der Waals surface area contributed by atoms with Gasteiger partial charge in [0.25, 0.3) is 5.91 Å². The third-order valence-electron chi connectivity index (χ3n) is 3.14. The Labute approximate surface area is 113 Å². The maximum atomic E-state index is 13.4. The van der Waals surface area contributed by atoms with Crippen molar-refractivity contribution in [2.45, 2.75) is 12.1 Å². The fourth-order valence-electron chi connectivity index (χ4n) is 2.03. The van der Waals surface area contributed by atoms with Gasteiger partial charge in [-0.1, -0.05) is 0 Å². The van der Waals surface area contributed by atoms with Gasteiger partial charge in [-0.25, -0.2) is 4.39 Å². The van der Waals surface area contributed by atoms with Crippen LogP contribution in [0.3, 0.4) is 0 Å². The van der Waals surface area contributed by atoms with Crippen molar-refractivity contribution in [1.29, 1.82) is 0 Å². The number of nitrogens with one attached hydrogen (secondary N) is 1. The summed E-state index contributed by atoms with van der Waals surface area (Å²) >= 11 is 3.04. The summed E-state index contributed by atoms with van der Waals surface area (Å²) in [6.45, 7) is 1.01. The lowest BCUT2D eigenvalue weighted by Gasteiger charge is -2.26. The van der Waals surface area contributed by atoms with Crippen molar-refractivity contribution in [2.75, 3.05) is 20.1 Å². The molecule has 0 aromatic heterocycles. The van der Waals surface area contributed by atoms with Gasteiger partial charge in [-0.3, -0.25) is 4.79 Å². The highest BCUT2D eigenvalue weighted by Crippen LogP contribution is 2.18. The third kappa shape index (κ3) is 2.55. The number of aliphatic hydroxyl groups is 1. The molecule has 0 spiro atoms. The summed E-state index contributed by atoms with van der Waals surface area (Å²) in [4.78, 5) is 13.6. The number of aliphatic hydroxyl groups excluding tert-OH is 1. The number of β-amino-alcohol motifs (C(OH)–C–C–N with tert-alkyl or cyclic N) is 1. The molecule has 4 nitrogen and oxygen atoms in total. The van der Waals surface area contributed by atoms with Gasteiger partial charge in [0.15, 0.2) is 0 Å². The smallest absolute Gasteiger partial charge is 0.254 e. The second-order valence-corrected chi connectivity index (χ2v) is 5.19. The summed E-state index contributed by atoms with van der Waals surface area (Å²) in [6.07, 6.45) is -0.584. The molecule has 0 saturated carbocycles. The Morgan fingerprint density at radius 1 is 1.56 bits per heavy atom. The number of benzene rings is 1. The van der Waals surface area contributed by atoms with Gasteiger partial charge in [-0.15, -0.1) is 0 Å². The van der Waals surface area contributed by atoms with Crippen molar-refractivity contribution in [3.8, 4) is 0 Å². The van der Waals surface area contributed by atoms with Gasteiger partial charge in [0, 0.05) is 25.7 Å². The molecule has 98 valence electrons. The van der Waals surface area contributed by atoms with E-state index in [1.807, 2.05) is 0 Å². The fourth-order valence-corrected chi connectivity index (χ4v) is 2.28. The van der Waals surface area contributed by atoms with E-state index in [-0.39, 0.29) is 17.5 Å². The molecule has 1 amide bonds. The van der Waals surface area contributed by atoms with Crippen LogP contribution in [0.1, 0.15) is 10.4 Å². The number of likely N-dealkylation sites (N-methyl/N-ethyl adjacent to an activating group) is 1. The highest BCUT2D eigenvalue weighted by atomic mass is 79.9. The Balaban J connectivity index is 2.17. The first kappa shape index (κ1) is 13.5. The van der Waals surface area contributed by atoms with E-state index in [4.69, 9.17) is 0 Å². The lowest BCUT2D eigenvalue weighted by atomic mass is 10.1. The van der Waals surface area contributed by atoms with Crippen LogP contribution in [0.25, 0.3) is 0 Å². The molecule has 1 aliphatic heterocycles. The molecule has 0 aliphatic carbocycles. The Bertz CT molecular complexity index is 469. The van der Waals surface area contributed by atoms with Crippen LogP contribution in [0.2, 0.25) is 0 Å². The summed E-state index contributed by atoms with van der Waals surface area (Å²) in [5.74, 6) is -0.770. The van der Waals surface area contributed by atoms with Crippen molar-refractivity contribution in [3.63, 3.8) is 0 Å². The number of nitrogens with zero attached hydrogens (tertiary/aromatic N) is 1. The Morgan fingerprint density at radius 2 is 2.28 bits per heavy atom. The highest BCUT2D eigenvalue weighted by molar-refractivity contribution is 9.10. The molecule has 0 bridgehead atoms. The maximum absolute atomic E-state index is 13.4. The molecule has 0 unspecified atom stereocenters. The van der Waals surface area contributed by atoms with Crippen molar-refractivity contribution in [3.05, 3.63) is 34.1 Å². The van der Waals surface area contributed by atoms with Crippen LogP contribution in [0.4, 0.5) is 4.39 Å². The molecule has 18 heavy (non-hydrogen) atoms. The minimum atomic E-state index is -0.584. The zero-order valence-electron chi connectivity index (χ0n) is 9.86. The molecule has 6 heteroatoms. The van der Waals surface area contributed by atoms with Crippen LogP contribution in [0, 0.1) is 5.82 Å². The lowest BCUT2D eigenvalue weighted by Crippen LogP contribution is -2.44. The number of carbonyl (C=O) groups is 1. The summed E-state index contributed by atoms with van der Waals surface area (Å²) in [5.41, 5.74) is 0.275. The summed E-state index contributed by atoms with van der Waals surface area (Å²) < 4.78 is 13.7. The van der Waals surface area contributed by atoms with E-state index in [2.05, 4.69) is 21.2 Å². The average Bonchev–Trinajstić information content (AvgIpc) is 2.77. The predicted octanol–water partition coefficient (Wildman–Crippen LogP) is 0.993. The quantitative estimate of drug-likeness (QED) is 0.855. The lowest BCUT2D eigenvalue weighted by molar-refractivity contribution is 0.0581. The molecule has 1 saturated heterocycles. The molecule has 0 radical (unpaired) electrons. The zero-order chi connectivity index (χ0) is 13.3. The monoisotopic (exact) mass is 316 g/mol. The van der Waals surface area contributed by atoms with Crippen molar-refractivity contribution < 1.29 is 14.3 Å². The van der Waals surface area contributed by atoms with E-state index in [1.54, 1.807) is 13.1 Å². The van der Waals surface area contributed by atoms with Gasteiger partial charge in [0.2, 0.25) is 0 Å². The molecule has 1 aromatic rings. The van der Waals surface area contributed by atoms with Gasteiger partial charge in [-0.2, -0.15) is 0 Å². The number of halogens is 2. The van der Waals surface area contributed by atoms with E-state index < -0.39 is 11.9 Å². The molecule has 2 atom stereocenters.